The molecule has 1 aliphatic heterocycles. The number of piperazine rings is 1. The average molecular weight is 282 g/mol. The monoisotopic (exact) mass is 282 g/mol. The Hall–Kier alpha value is -1.14. The summed E-state index contributed by atoms with van der Waals surface area (Å²) in [5, 5.41) is 4.37. The van der Waals surface area contributed by atoms with Crippen LogP contribution in [0.3, 0.4) is 0 Å². The molecule has 0 aromatic carbocycles. The van der Waals surface area contributed by atoms with Gasteiger partial charge in [0.25, 0.3) is 0 Å². The summed E-state index contributed by atoms with van der Waals surface area (Å²) in [7, 11) is 1.85. The minimum atomic E-state index is 0.168. The van der Waals surface area contributed by atoms with Gasteiger partial charge in [-0.2, -0.15) is 0 Å². The first-order valence-electron chi connectivity index (χ1n) is 6.70. The fourth-order valence-corrected chi connectivity index (χ4v) is 2.84. The van der Waals surface area contributed by atoms with Crippen molar-refractivity contribution in [2.75, 3.05) is 38.1 Å². The van der Waals surface area contributed by atoms with Gasteiger partial charge in [-0.05, 0) is 12.5 Å². The van der Waals surface area contributed by atoms with Crippen molar-refractivity contribution in [3.05, 3.63) is 11.1 Å². The van der Waals surface area contributed by atoms with E-state index >= 15 is 0 Å². The Balaban J connectivity index is 1.88. The smallest absolute Gasteiger partial charge is 0.241 e. The summed E-state index contributed by atoms with van der Waals surface area (Å²) in [6.45, 7) is 8.36. The zero-order valence-electron chi connectivity index (χ0n) is 11.8. The van der Waals surface area contributed by atoms with Crippen molar-refractivity contribution < 1.29 is 4.79 Å². The third-order valence-electron chi connectivity index (χ3n) is 3.12. The van der Waals surface area contributed by atoms with Crippen molar-refractivity contribution in [2.24, 2.45) is 5.92 Å². The van der Waals surface area contributed by atoms with E-state index in [4.69, 9.17) is 0 Å². The van der Waals surface area contributed by atoms with Gasteiger partial charge in [0, 0.05) is 37.8 Å². The Bertz CT molecular complexity index is 432. The van der Waals surface area contributed by atoms with E-state index in [1.807, 2.05) is 13.2 Å². The van der Waals surface area contributed by atoms with Gasteiger partial charge >= 0.3 is 0 Å². The number of likely N-dealkylation sites (N-methyl/N-ethyl adjacent to an activating group) is 1. The van der Waals surface area contributed by atoms with Crippen molar-refractivity contribution in [1.82, 2.24) is 15.2 Å². The Morgan fingerprint density at radius 1 is 1.47 bits per heavy atom. The van der Waals surface area contributed by atoms with Gasteiger partial charge in [0.2, 0.25) is 5.91 Å². The summed E-state index contributed by atoms with van der Waals surface area (Å²) < 4.78 is 0. The highest BCUT2D eigenvalue weighted by Crippen LogP contribution is 2.23. The normalized spacial score (nSPS) is 16.5. The summed E-state index contributed by atoms with van der Waals surface area (Å²) >= 11 is 1.68. The summed E-state index contributed by atoms with van der Waals surface area (Å²) in [6, 6.07) is 0. The Kier molecular flexibility index (Phi) is 4.76. The van der Waals surface area contributed by atoms with Crippen LogP contribution < -0.4 is 10.2 Å². The molecule has 19 heavy (non-hydrogen) atoms. The fraction of sp³-hybridized carbons (Fsp3) is 0.692. The van der Waals surface area contributed by atoms with Gasteiger partial charge in [0.1, 0.15) is 0 Å². The molecule has 0 spiro atoms. The Morgan fingerprint density at radius 3 is 2.95 bits per heavy atom. The van der Waals surface area contributed by atoms with E-state index in [1.165, 1.54) is 4.88 Å². The van der Waals surface area contributed by atoms with Crippen LogP contribution >= 0.6 is 11.3 Å². The van der Waals surface area contributed by atoms with Crippen LogP contribution in [-0.4, -0.2) is 49.0 Å². The molecule has 1 amide bonds. The minimum absolute atomic E-state index is 0.168. The molecule has 1 fully saturated rings. The van der Waals surface area contributed by atoms with Crippen LogP contribution in [0.25, 0.3) is 0 Å². The van der Waals surface area contributed by atoms with Crippen molar-refractivity contribution in [2.45, 2.75) is 20.4 Å². The molecule has 1 aromatic rings. The number of anilines is 1. The second-order valence-electron chi connectivity index (χ2n) is 5.37. The maximum atomic E-state index is 11.7. The number of carbonyl (C=O) groups is 1. The van der Waals surface area contributed by atoms with Gasteiger partial charge in [-0.25, -0.2) is 4.98 Å². The van der Waals surface area contributed by atoms with Gasteiger partial charge in [-0.3, -0.25) is 4.79 Å². The molecule has 6 heteroatoms. The molecule has 2 heterocycles. The van der Waals surface area contributed by atoms with E-state index in [2.05, 4.69) is 29.0 Å². The summed E-state index contributed by atoms with van der Waals surface area (Å²) in [5.74, 6) is 0.823. The molecule has 0 unspecified atom stereocenters. The van der Waals surface area contributed by atoms with E-state index < -0.39 is 0 Å². The van der Waals surface area contributed by atoms with E-state index in [1.54, 1.807) is 16.2 Å². The fourth-order valence-electron chi connectivity index (χ4n) is 1.93. The number of hydrogen-bond donors (Lipinski definition) is 1. The molecule has 1 aliphatic rings. The second kappa shape index (κ2) is 6.34. The largest absolute Gasteiger partial charge is 0.342 e. The van der Waals surface area contributed by atoms with E-state index in [9.17, 15) is 4.79 Å². The van der Waals surface area contributed by atoms with Gasteiger partial charge in [-0.15, -0.1) is 11.3 Å². The molecule has 2 rings (SSSR count). The highest BCUT2D eigenvalue weighted by molar-refractivity contribution is 7.15. The number of carbonyl (C=O) groups excluding carboxylic acids is 1. The maximum Gasteiger partial charge on any atom is 0.241 e. The lowest BCUT2D eigenvalue weighted by Gasteiger charge is -2.31. The molecule has 0 bridgehead atoms. The van der Waals surface area contributed by atoms with Gasteiger partial charge in [0.15, 0.2) is 5.13 Å². The predicted octanol–water partition coefficient (Wildman–Crippen LogP) is 1.17. The third-order valence-corrected chi connectivity index (χ3v) is 4.18. The molecule has 0 saturated carbocycles. The SMILES string of the molecule is CC(C)CNCc1cnc(N2CCN(C)C(=O)C2)s1. The minimum Gasteiger partial charge on any atom is -0.342 e. The second-order valence-corrected chi connectivity index (χ2v) is 6.46. The van der Waals surface area contributed by atoms with Crippen molar-refractivity contribution >= 4 is 22.4 Å². The van der Waals surface area contributed by atoms with Crippen molar-refractivity contribution in [1.29, 1.82) is 0 Å². The van der Waals surface area contributed by atoms with Crippen LogP contribution in [0, 0.1) is 5.92 Å². The van der Waals surface area contributed by atoms with E-state index in [0.29, 0.717) is 12.5 Å². The van der Waals surface area contributed by atoms with Crippen LogP contribution in [0.15, 0.2) is 6.20 Å². The molecular weight excluding hydrogens is 260 g/mol. The highest BCUT2D eigenvalue weighted by Gasteiger charge is 2.22. The highest BCUT2D eigenvalue weighted by atomic mass is 32.1. The van der Waals surface area contributed by atoms with E-state index in [0.717, 1.165) is 31.3 Å². The van der Waals surface area contributed by atoms with Crippen LogP contribution in [0.1, 0.15) is 18.7 Å². The Labute approximate surface area is 118 Å². The first-order chi connectivity index (χ1) is 9.06. The topological polar surface area (TPSA) is 48.5 Å². The van der Waals surface area contributed by atoms with Crippen LogP contribution in [-0.2, 0) is 11.3 Å². The number of nitrogens with zero attached hydrogens (tertiary/aromatic N) is 3. The van der Waals surface area contributed by atoms with Crippen LogP contribution in [0.5, 0.6) is 0 Å². The molecular formula is C13H22N4OS. The number of aromatic nitrogens is 1. The Morgan fingerprint density at radius 2 is 2.26 bits per heavy atom. The number of thiazole rings is 1. The van der Waals surface area contributed by atoms with Crippen molar-refractivity contribution in [3.8, 4) is 0 Å². The van der Waals surface area contributed by atoms with Gasteiger partial charge in [0.05, 0.1) is 6.54 Å². The summed E-state index contributed by atoms with van der Waals surface area (Å²) in [6.07, 6.45) is 1.91. The third kappa shape index (κ3) is 3.91. The molecule has 5 nitrogen and oxygen atoms in total. The zero-order valence-corrected chi connectivity index (χ0v) is 12.7. The molecule has 0 atom stereocenters. The molecule has 1 aromatic heterocycles. The van der Waals surface area contributed by atoms with Crippen LogP contribution in [0.2, 0.25) is 0 Å². The lowest BCUT2D eigenvalue weighted by atomic mass is 10.2. The molecule has 1 N–H and O–H groups in total. The molecule has 0 aliphatic carbocycles. The summed E-state index contributed by atoms with van der Waals surface area (Å²) in [4.78, 5) is 21.2. The first-order valence-corrected chi connectivity index (χ1v) is 7.52. The lowest BCUT2D eigenvalue weighted by molar-refractivity contribution is -0.129. The van der Waals surface area contributed by atoms with Gasteiger partial charge in [-0.1, -0.05) is 13.8 Å². The number of hydrogen-bond acceptors (Lipinski definition) is 5. The first kappa shape index (κ1) is 14.3. The maximum absolute atomic E-state index is 11.7. The van der Waals surface area contributed by atoms with Gasteiger partial charge < -0.3 is 15.1 Å². The number of amides is 1. The molecule has 0 radical (unpaired) electrons. The molecule has 1 saturated heterocycles. The number of nitrogens with one attached hydrogen (secondary N) is 1. The number of rotatable bonds is 5. The summed E-state index contributed by atoms with van der Waals surface area (Å²) in [5.41, 5.74) is 0. The predicted molar refractivity (Wildman–Crippen MR) is 78.5 cm³/mol. The standard InChI is InChI=1S/C13H22N4OS/c1-10(2)6-14-7-11-8-15-13(19-11)17-5-4-16(3)12(18)9-17/h8,10,14H,4-7,9H2,1-3H3. The van der Waals surface area contributed by atoms with Crippen molar-refractivity contribution in [3.63, 3.8) is 0 Å². The lowest BCUT2D eigenvalue weighted by Crippen LogP contribution is -2.48. The quantitative estimate of drug-likeness (QED) is 0.880. The van der Waals surface area contributed by atoms with Crippen LogP contribution in [0.4, 0.5) is 5.13 Å². The average Bonchev–Trinajstić information content (AvgIpc) is 2.81. The molecule has 106 valence electrons. The van der Waals surface area contributed by atoms with E-state index in [-0.39, 0.29) is 5.91 Å². The zero-order chi connectivity index (χ0) is 13.8.